The molecule has 6 heteroatoms. The Morgan fingerprint density at radius 1 is 0.418 bits per heavy atom. The van der Waals surface area contributed by atoms with Gasteiger partial charge in [-0.05, 0) is 132 Å². The molecule has 0 bridgehead atoms. The summed E-state index contributed by atoms with van der Waals surface area (Å²) in [7, 11) is 3.57. The SMILES string of the molecule is CC(C)(C)C(OCc1ccccc1)C(C)(C)C.CC(C)(C)C(OCc1ccccc1)C(C)(C)C.CC(C)(C)[C@@H](O)C1(C)CC1.CO[C@@H](C)C1(C)CC1.CO[C@H](C)C1(C)CC1.C[C@H](O)C1(C)CC1. The summed E-state index contributed by atoms with van der Waals surface area (Å²) in [6.07, 6.45) is 11.4. The van der Waals surface area contributed by atoms with E-state index < -0.39 is 0 Å². The molecule has 6 rings (SSSR count). The maximum atomic E-state index is 9.78. The zero-order valence-corrected chi connectivity index (χ0v) is 48.3. The Hall–Kier alpha value is -1.80. The first-order valence-corrected chi connectivity index (χ1v) is 26.0. The molecule has 6 nitrogen and oxygen atoms in total. The number of methoxy groups -OCH3 is 2. The third kappa shape index (κ3) is 23.8. The third-order valence-electron chi connectivity index (χ3n) is 15.0. The van der Waals surface area contributed by atoms with Crippen LogP contribution in [0, 0.1) is 48.7 Å². The van der Waals surface area contributed by atoms with E-state index in [1.54, 1.807) is 14.2 Å². The van der Waals surface area contributed by atoms with Crippen molar-refractivity contribution in [2.24, 2.45) is 48.7 Å². The van der Waals surface area contributed by atoms with Gasteiger partial charge in [0.25, 0.3) is 0 Å². The van der Waals surface area contributed by atoms with E-state index in [4.69, 9.17) is 24.1 Å². The molecule has 0 heterocycles. The number of ether oxygens (including phenoxy) is 4. The lowest BCUT2D eigenvalue weighted by Crippen LogP contribution is -2.40. The van der Waals surface area contributed by atoms with Gasteiger partial charge in [-0.2, -0.15) is 0 Å². The summed E-state index contributed by atoms with van der Waals surface area (Å²) < 4.78 is 22.7. The highest BCUT2D eigenvalue weighted by Gasteiger charge is 2.49. The van der Waals surface area contributed by atoms with E-state index >= 15 is 0 Å². The smallest absolute Gasteiger partial charge is 0.0721 e. The van der Waals surface area contributed by atoms with E-state index in [1.807, 2.05) is 19.1 Å². The zero-order chi connectivity index (χ0) is 52.1. The van der Waals surface area contributed by atoms with Gasteiger partial charge < -0.3 is 29.2 Å². The molecule has 0 unspecified atom stereocenters. The molecule has 4 aliphatic carbocycles. The van der Waals surface area contributed by atoms with Crippen LogP contribution in [-0.2, 0) is 32.2 Å². The summed E-state index contributed by atoms with van der Waals surface area (Å²) in [5.41, 5.74) is 4.81. The van der Waals surface area contributed by atoms with Gasteiger partial charge in [0, 0.05) is 14.2 Å². The highest BCUT2D eigenvalue weighted by atomic mass is 16.5. The van der Waals surface area contributed by atoms with Crippen molar-refractivity contribution < 1.29 is 29.2 Å². The lowest BCUT2D eigenvalue weighted by Gasteiger charge is -2.40. The molecule has 2 aromatic carbocycles. The minimum atomic E-state index is -0.125. The normalized spacial score (nSPS) is 20.2. The third-order valence-corrected chi connectivity index (χ3v) is 15.0. The predicted octanol–water partition coefficient (Wildman–Crippen LogP) is 16.3. The molecule has 4 saturated carbocycles. The Kier molecular flexibility index (Phi) is 24.1. The lowest BCUT2D eigenvalue weighted by molar-refractivity contribution is -0.0903. The quantitative estimate of drug-likeness (QED) is 0.221. The second-order valence-electron chi connectivity index (χ2n) is 27.6. The first-order chi connectivity index (χ1) is 30.3. The summed E-state index contributed by atoms with van der Waals surface area (Å²) in [5, 5.41) is 18.7. The molecular formula is C61H110O6. The fourth-order valence-electron chi connectivity index (χ4n) is 9.01. The van der Waals surface area contributed by atoms with Crippen LogP contribution in [0.15, 0.2) is 60.7 Å². The molecule has 390 valence electrons. The van der Waals surface area contributed by atoms with Crippen molar-refractivity contribution in [3.63, 3.8) is 0 Å². The van der Waals surface area contributed by atoms with Crippen LogP contribution in [0.3, 0.4) is 0 Å². The van der Waals surface area contributed by atoms with Crippen molar-refractivity contribution in [1.29, 1.82) is 0 Å². The Morgan fingerprint density at radius 2 is 0.672 bits per heavy atom. The van der Waals surface area contributed by atoms with Crippen molar-refractivity contribution in [3.05, 3.63) is 71.8 Å². The van der Waals surface area contributed by atoms with E-state index in [0.717, 1.165) is 0 Å². The van der Waals surface area contributed by atoms with Crippen molar-refractivity contribution >= 4 is 0 Å². The number of aliphatic hydroxyl groups is 2. The molecule has 0 aromatic heterocycles. The van der Waals surface area contributed by atoms with Crippen LogP contribution in [0.25, 0.3) is 0 Å². The Labute approximate surface area is 415 Å². The van der Waals surface area contributed by atoms with Crippen LogP contribution >= 0.6 is 0 Å². The number of hydrogen-bond acceptors (Lipinski definition) is 6. The summed E-state index contributed by atoms with van der Waals surface area (Å²) in [6.45, 7) is 49.6. The highest BCUT2D eigenvalue weighted by Crippen LogP contribution is 2.53. The summed E-state index contributed by atoms with van der Waals surface area (Å²) in [5.74, 6) is 0. The van der Waals surface area contributed by atoms with Crippen LogP contribution in [0.1, 0.15) is 215 Å². The number of rotatable bonds is 12. The van der Waals surface area contributed by atoms with Crippen molar-refractivity contribution in [3.8, 4) is 0 Å². The number of aliphatic hydroxyl groups excluding tert-OH is 2. The fraction of sp³-hybridized carbons (Fsp3) is 0.803. The number of benzene rings is 2. The maximum Gasteiger partial charge on any atom is 0.0721 e. The minimum Gasteiger partial charge on any atom is -0.393 e. The summed E-state index contributed by atoms with van der Waals surface area (Å²) in [4.78, 5) is 0. The average Bonchev–Trinajstić information content (AvgIpc) is 4.01. The molecule has 67 heavy (non-hydrogen) atoms. The van der Waals surface area contributed by atoms with Crippen LogP contribution in [0.5, 0.6) is 0 Å². The molecule has 4 atom stereocenters. The van der Waals surface area contributed by atoms with Gasteiger partial charge in [-0.3, -0.25) is 0 Å². The first-order valence-electron chi connectivity index (χ1n) is 26.0. The minimum absolute atomic E-state index is 0.0608. The monoisotopic (exact) mass is 939 g/mol. The molecule has 0 aliphatic heterocycles. The van der Waals surface area contributed by atoms with E-state index in [-0.39, 0.29) is 56.9 Å². The Morgan fingerprint density at radius 3 is 0.806 bits per heavy atom. The van der Waals surface area contributed by atoms with Gasteiger partial charge in [0.15, 0.2) is 0 Å². The summed E-state index contributed by atoms with van der Waals surface area (Å²) >= 11 is 0. The molecular weight excluding hydrogens is 829 g/mol. The van der Waals surface area contributed by atoms with Gasteiger partial charge in [0.1, 0.15) is 0 Å². The van der Waals surface area contributed by atoms with E-state index in [0.29, 0.717) is 41.7 Å². The number of hydrogen-bond donors (Lipinski definition) is 2. The zero-order valence-electron chi connectivity index (χ0n) is 48.3. The largest absolute Gasteiger partial charge is 0.393 e. The summed E-state index contributed by atoms with van der Waals surface area (Å²) in [6, 6.07) is 20.8. The van der Waals surface area contributed by atoms with E-state index in [1.165, 1.54) is 62.5 Å². The van der Waals surface area contributed by atoms with E-state index in [9.17, 15) is 5.11 Å². The standard InChI is InChI=1S/2C16H26O.C9H18O.2C7H14O.C6H12O/c2*1-15(2,3)14(16(4,5)6)17-12-13-10-8-7-9-11-13;1-8(2,3)7(10)9(4)5-6-9;2*1-6(8-3)7(2)4-5-7;1-5(7)6(2)3-4-6/h2*7-11,14H,12H2,1-6H3;7,10H,5-6H2,1-4H3;2*6H,4-5H2,1-3H3;5,7H,3-4H2,1-2H3/t;;7-;2*6-;5-/m..1100/s1. The van der Waals surface area contributed by atoms with Crippen LogP contribution < -0.4 is 0 Å². The van der Waals surface area contributed by atoms with Crippen LogP contribution in [-0.4, -0.2) is 61.1 Å². The van der Waals surface area contributed by atoms with Crippen molar-refractivity contribution in [2.75, 3.05) is 14.2 Å². The van der Waals surface area contributed by atoms with Crippen LogP contribution in [0.2, 0.25) is 0 Å². The molecule has 4 fully saturated rings. The van der Waals surface area contributed by atoms with Gasteiger partial charge in [-0.1, -0.05) is 192 Å². The fourth-order valence-corrected chi connectivity index (χ4v) is 9.01. The molecule has 0 radical (unpaired) electrons. The van der Waals surface area contributed by atoms with Crippen molar-refractivity contribution in [1.82, 2.24) is 0 Å². The molecule has 4 aliphatic rings. The van der Waals surface area contributed by atoms with Gasteiger partial charge in [0.2, 0.25) is 0 Å². The molecule has 0 spiro atoms. The van der Waals surface area contributed by atoms with E-state index in [2.05, 4.69) is 194 Å². The predicted molar refractivity (Wildman–Crippen MR) is 287 cm³/mol. The second kappa shape index (κ2) is 25.5. The van der Waals surface area contributed by atoms with Gasteiger partial charge in [-0.25, -0.2) is 0 Å². The Balaban J connectivity index is 0.000000417. The lowest BCUT2D eigenvalue weighted by atomic mass is 9.74. The Bertz CT molecular complexity index is 1490. The average molecular weight is 940 g/mol. The first kappa shape index (κ1) is 63.2. The second-order valence-corrected chi connectivity index (χ2v) is 27.6. The highest BCUT2D eigenvalue weighted by molar-refractivity contribution is 5.14. The topological polar surface area (TPSA) is 77.4 Å². The molecule has 0 saturated heterocycles. The maximum absolute atomic E-state index is 9.78. The van der Waals surface area contributed by atoms with Gasteiger partial charge in [-0.15, -0.1) is 0 Å². The molecule has 2 aromatic rings. The van der Waals surface area contributed by atoms with Gasteiger partial charge >= 0.3 is 0 Å². The molecule has 0 amide bonds. The molecule has 2 N–H and O–H groups in total. The van der Waals surface area contributed by atoms with Crippen molar-refractivity contribution in [2.45, 2.75) is 254 Å². The van der Waals surface area contributed by atoms with Crippen LogP contribution in [0.4, 0.5) is 0 Å². The van der Waals surface area contributed by atoms with Gasteiger partial charge in [0.05, 0.1) is 49.8 Å².